The summed E-state index contributed by atoms with van der Waals surface area (Å²) in [6.45, 7) is 8.11. The molecule has 1 aliphatic heterocycles. The normalized spacial score (nSPS) is 14.7. The topological polar surface area (TPSA) is 57.7 Å². The molecule has 1 amide bonds. The molecule has 2 aromatic carbocycles. The minimum Gasteiger partial charge on any atom is -0.379 e. The van der Waals surface area contributed by atoms with Crippen molar-refractivity contribution in [1.29, 1.82) is 0 Å². The quantitative estimate of drug-likeness (QED) is 0.338. The standard InChI is InChI=1S/C28H33F3N4O2S/c1-21-6-8-22(9-7-21)17-35(18-23-4-2-5-24(16-23)28(29,30)31)19-26-33-25(20-38-26)27(36)32-10-3-11-34-12-14-37-15-13-34/h2,4-9,16,20H,3,10-15,17-19H2,1H3,(H,32,36). The predicted octanol–water partition coefficient (Wildman–Crippen LogP) is 5.12. The first-order valence-corrected chi connectivity index (χ1v) is 13.6. The number of aromatic nitrogens is 1. The highest BCUT2D eigenvalue weighted by Gasteiger charge is 2.30. The number of rotatable bonds is 11. The van der Waals surface area contributed by atoms with Crippen LogP contribution in [0.4, 0.5) is 13.2 Å². The zero-order chi connectivity index (χ0) is 27.0. The summed E-state index contributed by atoms with van der Waals surface area (Å²) in [7, 11) is 0. The van der Waals surface area contributed by atoms with Gasteiger partial charge < -0.3 is 10.1 Å². The molecule has 2 heterocycles. The van der Waals surface area contributed by atoms with Crippen LogP contribution in [0.15, 0.2) is 53.9 Å². The van der Waals surface area contributed by atoms with Gasteiger partial charge in [-0.1, -0.05) is 48.0 Å². The number of amides is 1. The average molecular weight is 547 g/mol. The van der Waals surface area contributed by atoms with Crippen LogP contribution in [0.2, 0.25) is 0 Å². The molecular formula is C28H33F3N4O2S. The van der Waals surface area contributed by atoms with Crippen LogP contribution in [0.1, 0.15) is 44.2 Å². The van der Waals surface area contributed by atoms with Crippen LogP contribution in [0.3, 0.4) is 0 Å². The Morgan fingerprint density at radius 1 is 1.08 bits per heavy atom. The van der Waals surface area contributed by atoms with Crippen molar-refractivity contribution < 1.29 is 22.7 Å². The van der Waals surface area contributed by atoms with Crippen molar-refractivity contribution in [2.75, 3.05) is 39.4 Å². The van der Waals surface area contributed by atoms with Crippen LogP contribution in [0.25, 0.3) is 0 Å². The number of benzene rings is 2. The summed E-state index contributed by atoms with van der Waals surface area (Å²) in [5.74, 6) is -0.211. The maximum atomic E-state index is 13.3. The number of hydrogen-bond acceptors (Lipinski definition) is 6. The summed E-state index contributed by atoms with van der Waals surface area (Å²) in [6.07, 6.45) is -3.54. The van der Waals surface area contributed by atoms with Crippen LogP contribution in [-0.4, -0.2) is 60.1 Å². The molecule has 0 bridgehead atoms. The highest BCUT2D eigenvalue weighted by atomic mass is 32.1. The summed E-state index contributed by atoms with van der Waals surface area (Å²) in [5.41, 5.74) is 2.47. The number of thiazole rings is 1. The van der Waals surface area contributed by atoms with Crippen LogP contribution < -0.4 is 5.32 Å². The Morgan fingerprint density at radius 2 is 1.82 bits per heavy atom. The lowest BCUT2D eigenvalue weighted by atomic mass is 10.1. The third-order valence-electron chi connectivity index (χ3n) is 6.37. The Labute approximate surface area is 225 Å². The van der Waals surface area contributed by atoms with Gasteiger partial charge in [-0.25, -0.2) is 4.98 Å². The molecule has 38 heavy (non-hydrogen) atoms. The number of carbonyl (C=O) groups excluding carboxylic acids is 1. The zero-order valence-electron chi connectivity index (χ0n) is 21.5. The third-order valence-corrected chi connectivity index (χ3v) is 7.20. The first-order valence-electron chi connectivity index (χ1n) is 12.7. The lowest BCUT2D eigenvalue weighted by Gasteiger charge is -2.26. The van der Waals surface area contributed by atoms with Crippen molar-refractivity contribution in [3.8, 4) is 0 Å². The predicted molar refractivity (Wildman–Crippen MR) is 142 cm³/mol. The van der Waals surface area contributed by atoms with Gasteiger partial charge in [0, 0.05) is 38.1 Å². The van der Waals surface area contributed by atoms with Gasteiger partial charge in [-0.05, 0) is 37.1 Å². The molecule has 204 valence electrons. The van der Waals surface area contributed by atoms with E-state index in [2.05, 4.69) is 15.2 Å². The second-order valence-corrected chi connectivity index (χ2v) is 10.5. The van der Waals surface area contributed by atoms with E-state index in [1.165, 1.54) is 23.5 Å². The molecule has 0 saturated carbocycles. The van der Waals surface area contributed by atoms with E-state index >= 15 is 0 Å². The molecule has 4 rings (SSSR count). The molecule has 1 N–H and O–H groups in total. The molecule has 0 radical (unpaired) electrons. The zero-order valence-corrected chi connectivity index (χ0v) is 22.3. The van der Waals surface area contributed by atoms with E-state index in [1.54, 1.807) is 11.4 Å². The van der Waals surface area contributed by atoms with E-state index in [9.17, 15) is 18.0 Å². The van der Waals surface area contributed by atoms with Gasteiger partial charge in [0.05, 0.1) is 25.3 Å². The number of nitrogens with zero attached hydrogens (tertiary/aromatic N) is 3. The molecule has 0 atom stereocenters. The Morgan fingerprint density at radius 3 is 2.55 bits per heavy atom. The Kier molecular flexibility index (Phi) is 9.90. The Bertz CT molecular complexity index is 1180. The minimum atomic E-state index is -4.39. The maximum Gasteiger partial charge on any atom is 0.416 e. The molecule has 1 aromatic heterocycles. The number of aryl methyl sites for hydroxylation is 1. The fraction of sp³-hybridized carbons (Fsp3) is 0.429. The number of hydrogen-bond donors (Lipinski definition) is 1. The number of morpholine rings is 1. The molecule has 0 spiro atoms. The molecular weight excluding hydrogens is 513 g/mol. The van der Waals surface area contributed by atoms with Gasteiger partial charge in [0.25, 0.3) is 5.91 Å². The number of alkyl halides is 3. The molecule has 6 nitrogen and oxygen atoms in total. The van der Waals surface area contributed by atoms with Gasteiger partial charge in [-0.2, -0.15) is 13.2 Å². The average Bonchev–Trinajstić information content (AvgIpc) is 3.37. The van der Waals surface area contributed by atoms with E-state index in [1.807, 2.05) is 36.1 Å². The third kappa shape index (κ3) is 8.62. The van der Waals surface area contributed by atoms with Crippen LogP contribution in [0.5, 0.6) is 0 Å². The van der Waals surface area contributed by atoms with E-state index in [4.69, 9.17) is 4.74 Å². The number of carbonyl (C=O) groups is 1. The second kappa shape index (κ2) is 13.3. The van der Waals surface area contributed by atoms with Gasteiger partial charge in [-0.15, -0.1) is 11.3 Å². The molecule has 1 fully saturated rings. The number of nitrogens with one attached hydrogen (secondary N) is 1. The van der Waals surface area contributed by atoms with Gasteiger partial charge in [0.1, 0.15) is 10.7 Å². The number of ether oxygens (including phenoxy) is 1. The lowest BCUT2D eigenvalue weighted by Crippen LogP contribution is -2.38. The van der Waals surface area contributed by atoms with Crippen molar-refractivity contribution in [2.24, 2.45) is 0 Å². The molecule has 0 unspecified atom stereocenters. The summed E-state index contributed by atoms with van der Waals surface area (Å²) in [4.78, 5) is 21.5. The monoisotopic (exact) mass is 546 g/mol. The van der Waals surface area contributed by atoms with Crippen LogP contribution >= 0.6 is 11.3 Å². The van der Waals surface area contributed by atoms with E-state index < -0.39 is 11.7 Å². The Hall–Kier alpha value is -2.79. The van der Waals surface area contributed by atoms with Gasteiger partial charge in [-0.3, -0.25) is 14.6 Å². The summed E-state index contributed by atoms with van der Waals surface area (Å²) >= 11 is 1.38. The fourth-order valence-electron chi connectivity index (χ4n) is 4.32. The maximum absolute atomic E-state index is 13.3. The van der Waals surface area contributed by atoms with Gasteiger partial charge in [0.15, 0.2) is 0 Å². The molecule has 3 aromatic rings. The SMILES string of the molecule is Cc1ccc(CN(Cc2cccc(C(F)(F)F)c2)Cc2nc(C(=O)NCCCN3CCOCC3)cs2)cc1. The first-order chi connectivity index (χ1) is 18.3. The summed E-state index contributed by atoms with van der Waals surface area (Å²) in [6, 6.07) is 13.5. The van der Waals surface area contributed by atoms with E-state index in [-0.39, 0.29) is 5.91 Å². The van der Waals surface area contributed by atoms with Gasteiger partial charge in [0.2, 0.25) is 0 Å². The van der Waals surface area contributed by atoms with Crippen molar-refractivity contribution in [3.05, 3.63) is 86.9 Å². The molecule has 1 aliphatic rings. The van der Waals surface area contributed by atoms with Crippen molar-refractivity contribution in [1.82, 2.24) is 20.1 Å². The second-order valence-electron chi connectivity index (χ2n) is 9.52. The van der Waals surface area contributed by atoms with Crippen molar-refractivity contribution >= 4 is 17.2 Å². The minimum absolute atomic E-state index is 0.211. The smallest absolute Gasteiger partial charge is 0.379 e. The highest BCUT2D eigenvalue weighted by molar-refractivity contribution is 7.09. The van der Waals surface area contributed by atoms with Crippen LogP contribution in [0, 0.1) is 6.92 Å². The summed E-state index contributed by atoms with van der Waals surface area (Å²) < 4.78 is 45.1. The highest BCUT2D eigenvalue weighted by Crippen LogP contribution is 2.30. The molecule has 0 aliphatic carbocycles. The van der Waals surface area contributed by atoms with Crippen molar-refractivity contribution in [2.45, 2.75) is 39.2 Å². The van der Waals surface area contributed by atoms with Gasteiger partial charge >= 0.3 is 6.18 Å². The largest absolute Gasteiger partial charge is 0.416 e. The van der Waals surface area contributed by atoms with E-state index in [0.29, 0.717) is 37.4 Å². The summed E-state index contributed by atoms with van der Waals surface area (Å²) in [5, 5.41) is 5.41. The fourth-order valence-corrected chi connectivity index (χ4v) is 5.14. The molecule has 10 heteroatoms. The molecule has 1 saturated heterocycles. The Balaban J connectivity index is 1.37. The first kappa shape index (κ1) is 28.2. The number of halogens is 3. The lowest BCUT2D eigenvalue weighted by molar-refractivity contribution is -0.137. The van der Waals surface area contributed by atoms with Crippen LogP contribution in [-0.2, 0) is 30.5 Å². The van der Waals surface area contributed by atoms with E-state index in [0.717, 1.165) is 61.5 Å². The van der Waals surface area contributed by atoms with Crippen molar-refractivity contribution in [3.63, 3.8) is 0 Å².